The highest BCUT2D eigenvalue weighted by atomic mass is 19.3. The molecule has 0 saturated carbocycles. The van der Waals surface area contributed by atoms with Crippen molar-refractivity contribution < 1.29 is 18.3 Å². The smallest absolute Gasteiger partial charge is 0.338 e. The summed E-state index contributed by atoms with van der Waals surface area (Å²) < 4.78 is 29.3. The molecule has 0 aromatic carbocycles. The number of esters is 1. The van der Waals surface area contributed by atoms with E-state index in [1.54, 1.807) is 6.92 Å². The average molecular weight is 216 g/mol. The van der Waals surface area contributed by atoms with Gasteiger partial charge in [0.05, 0.1) is 12.2 Å². The number of aromatic nitrogens is 1. The molecule has 0 bridgehead atoms. The molecule has 2 N–H and O–H groups in total. The van der Waals surface area contributed by atoms with Gasteiger partial charge in [-0.25, -0.2) is 18.6 Å². The number of carbonyl (C=O) groups excluding carboxylic acids is 1. The molecule has 0 aliphatic heterocycles. The highest BCUT2D eigenvalue weighted by Crippen LogP contribution is 2.19. The Morgan fingerprint density at radius 3 is 2.80 bits per heavy atom. The van der Waals surface area contributed by atoms with E-state index in [1.807, 2.05) is 0 Å². The standard InChI is InChI=1S/C9H10F2N2O2/c1-2-15-9(14)5-3-6(8(10)11)13-7(12)4-5/h3-4,8H,2H2,1H3,(H2,12,13). The van der Waals surface area contributed by atoms with Crippen LogP contribution in [0.2, 0.25) is 0 Å². The molecule has 0 aliphatic carbocycles. The van der Waals surface area contributed by atoms with Crippen molar-refractivity contribution in [3.8, 4) is 0 Å². The van der Waals surface area contributed by atoms with Gasteiger partial charge in [0.1, 0.15) is 11.5 Å². The van der Waals surface area contributed by atoms with Crippen molar-refractivity contribution in [3.05, 3.63) is 23.4 Å². The molecule has 1 rings (SSSR count). The van der Waals surface area contributed by atoms with Crippen LogP contribution in [0.3, 0.4) is 0 Å². The summed E-state index contributed by atoms with van der Waals surface area (Å²) in [5.41, 5.74) is 4.74. The minimum Gasteiger partial charge on any atom is -0.462 e. The average Bonchev–Trinajstić information content (AvgIpc) is 2.17. The number of halogens is 2. The number of alkyl halides is 2. The first-order valence-electron chi connectivity index (χ1n) is 4.27. The molecule has 1 aromatic rings. The Kier molecular flexibility index (Phi) is 3.54. The van der Waals surface area contributed by atoms with Crippen molar-refractivity contribution in [1.82, 2.24) is 4.98 Å². The number of hydrogen-bond acceptors (Lipinski definition) is 4. The monoisotopic (exact) mass is 216 g/mol. The summed E-state index contributed by atoms with van der Waals surface area (Å²) in [6.07, 6.45) is -2.76. The summed E-state index contributed by atoms with van der Waals surface area (Å²) in [6.45, 7) is 1.79. The van der Waals surface area contributed by atoms with Gasteiger partial charge in [0.15, 0.2) is 0 Å². The van der Waals surface area contributed by atoms with Gasteiger partial charge in [-0.3, -0.25) is 0 Å². The lowest BCUT2D eigenvalue weighted by atomic mass is 10.2. The maximum absolute atomic E-state index is 12.3. The van der Waals surface area contributed by atoms with Crippen LogP contribution < -0.4 is 5.73 Å². The minimum atomic E-state index is -2.76. The van der Waals surface area contributed by atoms with Crippen LogP contribution in [0.15, 0.2) is 12.1 Å². The van der Waals surface area contributed by atoms with Gasteiger partial charge in [-0.2, -0.15) is 0 Å². The second-order valence-corrected chi connectivity index (χ2v) is 2.73. The Balaban J connectivity index is 3.03. The van der Waals surface area contributed by atoms with Gasteiger partial charge < -0.3 is 10.5 Å². The van der Waals surface area contributed by atoms with Crippen molar-refractivity contribution in [1.29, 1.82) is 0 Å². The number of rotatable bonds is 3. The quantitative estimate of drug-likeness (QED) is 0.782. The Morgan fingerprint density at radius 2 is 2.27 bits per heavy atom. The van der Waals surface area contributed by atoms with Crippen LogP contribution in [0.25, 0.3) is 0 Å². The maximum atomic E-state index is 12.3. The molecule has 1 aromatic heterocycles. The number of anilines is 1. The normalized spacial score (nSPS) is 10.4. The Bertz CT molecular complexity index is 369. The topological polar surface area (TPSA) is 65.2 Å². The van der Waals surface area contributed by atoms with Gasteiger partial charge >= 0.3 is 5.97 Å². The number of pyridine rings is 1. The highest BCUT2D eigenvalue weighted by molar-refractivity contribution is 5.90. The SMILES string of the molecule is CCOC(=O)c1cc(N)nc(C(F)F)c1. The number of hydrogen-bond donors (Lipinski definition) is 1. The zero-order chi connectivity index (χ0) is 11.4. The van der Waals surface area contributed by atoms with E-state index in [4.69, 9.17) is 5.73 Å². The Labute approximate surface area is 85.1 Å². The number of nitrogen functional groups attached to an aromatic ring is 1. The molecule has 0 unspecified atom stereocenters. The maximum Gasteiger partial charge on any atom is 0.338 e. The molecule has 6 heteroatoms. The van der Waals surface area contributed by atoms with Gasteiger partial charge in [0.2, 0.25) is 0 Å². The molecule has 0 spiro atoms. The zero-order valence-electron chi connectivity index (χ0n) is 8.04. The summed E-state index contributed by atoms with van der Waals surface area (Å²) in [5, 5.41) is 0. The highest BCUT2D eigenvalue weighted by Gasteiger charge is 2.15. The molecule has 0 radical (unpaired) electrons. The predicted molar refractivity (Wildman–Crippen MR) is 49.6 cm³/mol. The Hall–Kier alpha value is -1.72. The second-order valence-electron chi connectivity index (χ2n) is 2.73. The number of ether oxygens (including phenoxy) is 1. The molecular weight excluding hydrogens is 206 g/mol. The van der Waals surface area contributed by atoms with E-state index in [1.165, 1.54) is 6.07 Å². The molecule has 82 valence electrons. The van der Waals surface area contributed by atoms with E-state index < -0.39 is 18.1 Å². The molecule has 0 atom stereocenters. The summed E-state index contributed by atoms with van der Waals surface area (Å²) in [6, 6.07) is 2.17. The first kappa shape index (κ1) is 11.4. The van der Waals surface area contributed by atoms with Crippen LogP contribution in [0.4, 0.5) is 14.6 Å². The first-order valence-corrected chi connectivity index (χ1v) is 4.27. The summed E-state index contributed by atoms with van der Waals surface area (Å²) in [4.78, 5) is 14.6. The lowest BCUT2D eigenvalue weighted by Gasteiger charge is -2.05. The van der Waals surface area contributed by atoms with E-state index in [9.17, 15) is 13.6 Å². The fourth-order valence-corrected chi connectivity index (χ4v) is 1.02. The lowest BCUT2D eigenvalue weighted by Crippen LogP contribution is -2.08. The van der Waals surface area contributed by atoms with E-state index in [0.717, 1.165) is 6.07 Å². The van der Waals surface area contributed by atoms with Gasteiger partial charge in [-0.1, -0.05) is 0 Å². The van der Waals surface area contributed by atoms with Crippen LogP contribution in [0, 0.1) is 0 Å². The lowest BCUT2D eigenvalue weighted by molar-refractivity contribution is 0.0525. The Morgan fingerprint density at radius 1 is 1.60 bits per heavy atom. The van der Waals surface area contributed by atoms with E-state index in [-0.39, 0.29) is 18.0 Å². The zero-order valence-corrected chi connectivity index (χ0v) is 8.04. The largest absolute Gasteiger partial charge is 0.462 e. The summed E-state index contributed by atoms with van der Waals surface area (Å²) >= 11 is 0. The fraction of sp³-hybridized carbons (Fsp3) is 0.333. The van der Waals surface area contributed by atoms with E-state index in [0.29, 0.717) is 0 Å². The first-order chi connectivity index (χ1) is 7.04. The molecular formula is C9H10F2N2O2. The minimum absolute atomic E-state index is 0.0142. The van der Waals surface area contributed by atoms with Crippen molar-refractivity contribution in [3.63, 3.8) is 0 Å². The molecule has 0 fully saturated rings. The summed E-state index contributed by atoms with van der Waals surface area (Å²) in [7, 11) is 0. The van der Waals surface area contributed by atoms with Crippen molar-refractivity contribution in [2.75, 3.05) is 12.3 Å². The third-order valence-electron chi connectivity index (χ3n) is 1.60. The molecule has 4 nitrogen and oxygen atoms in total. The third-order valence-corrected chi connectivity index (χ3v) is 1.60. The molecule has 15 heavy (non-hydrogen) atoms. The van der Waals surface area contributed by atoms with Crippen LogP contribution in [-0.2, 0) is 4.74 Å². The molecule has 1 heterocycles. The van der Waals surface area contributed by atoms with Crippen LogP contribution >= 0.6 is 0 Å². The predicted octanol–water partition coefficient (Wildman–Crippen LogP) is 1.78. The van der Waals surface area contributed by atoms with E-state index in [2.05, 4.69) is 9.72 Å². The van der Waals surface area contributed by atoms with Crippen LogP contribution in [-0.4, -0.2) is 17.6 Å². The van der Waals surface area contributed by atoms with Gasteiger partial charge in [-0.05, 0) is 19.1 Å². The summed E-state index contributed by atoms with van der Waals surface area (Å²) in [5.74, 6) is -0.815. The number of nitrogens with two attached hydrogens (primary N) is 1. The number of nitrogens with zero attached hydrogens (tertiary/aromatic N) is 1. The molecule has 0 aliphatic rings. The second kappa shape index (κ2) is 4.68. The van der Waals surface area contributed by atoms with Crippen molar-refractivity contribution >= 4 is 11.8 Å². The van der Waals surface area contributed by atoms with Gasteiger partial charge in [0.25, 0.3) is 6.43 Å². The van der Waals surface area contributed by atoms with Gasteiger partial charge in [-0.15, -0.1) is 0 Å². The molecule has 0 saturated heterocycles. The van der Waals surface area contributed by atoms with Crippen molar-refractivity contribution in [2.45, 2.75) is 13.3 Å². The van der Waals surface area contributed by atoms with E-state index >= 15 is 0 Å². The van der Waals surface area contributed by atoms with Gasteiger partial charge in [0, 0.05) is 0 Å². The fourth-order valence-electron chi connectivity index (χ4n) is 1.02. The van der Waals surface area contributed by atoms with Crippen LogP contribution in [0.5, 0.6) is 0 Å². The van der Waals surface area contributed by atoms with Crippen molar-refractivity contribution in [2.24, 2.45) is 0 Å². The molecule has 0 amide bonds. The number of carbonyl (C=O) groups is 1. The third kappa shape index (κ3) is 2.87. The van der Waals surface area contributed by atoms with Crippen LogP contribution in [0.1, 0.15) is 29.4 Å².